The van der Waals surface area contributed by atoms with E-state index in [-0.39, 0.29) is 18.9 Å². The number of aliphatic carboxylic acids is 1. The van der Waals surface area contributed by atoms with Crippen LogP contribution in [0.1, 0.15) is 12.0 Å². The maximum atomic E-state index is 12.0. The molecular weight excluding hydrogens is 289 g/mol. The van der Waals surface area contributed by atoms with E-state index in [2.05, 4.69) is 0 Å². The van der Waals surface area contributed by atoms with Gasteiger partial charge in [-0.3, -0.25) is 9.59 Å². The molecule has 0 unspecified atom stereocenters. The van der Waals surface area contributed by atoms with Crippen molar-refractivity contribution in [1.29, 1.82) is 0 Å². The molecule has 1 N–H and O–H groups in total. The topological polar surface area (TPSA) is 57.6 Å². The molecule has 1 amide bonds. The second kappa shape index (κ2) is 5.80. The first kappa shape index (κ1) is 14.2. The lowest BCUT2D eigenvalue weighted by Gasteiger charge is -2.15. The zero-order valence-corrected chi connectivity index (χ0v) is 11.6. The molecule has 19 heavy (non-hydrogen) atoms. The number of carboxylic acid groups (broad SMARTS) is 1. The molecule has 4 nitrogen and oxygen atoms in total. The Bertz CT molecular complexity index is 519. The summed E-state index contributed by atoms with van der Waals surface area (Å²) in [6.07, 6.45) is 0.728. The first-order chi connectivity index (χ1) is 8.97. The van der Waals surface area contributed by atoms with Gasteiger partial charge in [-0.25, -0.2) is 0 Å². The van der Waals surface area contributed by atoms with E-state index in [0.717, 1.165) is 5.56 Å². The van der Waals surface area contributed by atoms with E-state index in [1.807, 2.05) is 0 Å². The van der Waals surface area contributed by atoms with Crippen LogP contribution in [0.15, 0.2) is 18.2 Å². The van der Waals surface area contributed by atoms with Crippen LogP contribution in [0.5, 0.6) is 0 Å². The van der Waals surface area contributed by atoms with Crippen molar-refractivity contribution in [1.82, 2.24) is 4.90 Å². The molecule has 0 bridgehead atoms. The van der Waals surface area contributed by atoms with E-state index < -0.39 is 11.9 Å². The lowest BCUT2D eigenvalue weighted by atomic mass is 10.1. The third-order valence-electron chi connectivity index (χ3n) is 3.23. The highest BCUT2D eigenvalue weighted by Crippen LogP contribution is 2.24. The fourth-order valence-electron chi connectivity index (χ4n) is 2.12. The van der Waals surface area contributed by atoms with Crippen molar-refractivity contribution in [3.8, 4) is 0 Å². The van der Waals surface area contributed by atoms with Crippen LogP contribution in [0.2, 0.25) is 10.0 Å². The van der Waals surface area contributed by atoms with E-state index in [1.54, 1.807) is 23.1 Å². The van der Waals surface area contributed by atoms with Gasteiger partial charge in [0.2, 0.25) is 5.91 Å². The second-order valence-electron chi connectivity index (χ2n) is 4.59. The predicted molar refractivity (Wildman–Crippen MR) is 72.5 cm³/mol. The Morgan fingerprint density at radius 1 is 1.32 bits per heavy atom. The van der Waals surface area contributed by atoms with Crippen molar-refractivity contribution in [2.45, 2.75) is 12.8 Å². The van der Waals surface area contributed by atoms with Crippen molar-refractivity contribution < 1.29 is 14.7 Å². The van der Waals surface area contributed by atoms with Crippen molar-refractivity contribution in [2.75, 3.05) is 13.1 Å². The molecule has 1 saturated heterocycles. The number of nitrogens with zero attached hydrogens (tertiary/aromatic N) is 1. The predicted octanol–water partition coefficient (Wildman–Crippen LogP) is 2.47. The average Bonchev–Trinajstić information content (AvgIpc) is 2.83. The normalized spacial score (nSPS) is 18.6. The van der Waals surface area contributed by atoms with Crippen LogP contribution in [0.4, 0.5) is 0 Å². The summed E-state index contributed by atoms with van der Waals surface area (Å²) < 4.78 is 0. The van der Waals surface area contributed by atoms with Gasteiger partial charge in [0.1, 0.15) is 0 Å². The minimum absolute atomic E-state index is 0.0814. The number of halogens is 2. The van der Waals surface area contributed by atoms with E-state index in [9.17, 15) is 9.59 Å². The third-order valence-corrected chi connectivity index (χ3v) is 3.97. The number of hydrogen-bond donors (Lipinski definition) is 1. The Hall–Kier alpha value is -1.26. The smallest absolute Gasteiger partial charge is 0.308 e. The molecule has 0 radical (unpaired) electrons. The summed E-state index contributed by atoms with van der Waals surface area (Å²) in [5.74, 6) is -1.37. The van der Waals surface area contributed by atoms with Gasteiger partial charge in [-0.2, -0.15) is 0 Å². The number of amides is 1. The molecule has 2 rings (SSSR count). The van der Waals surface area contributed by atoms with Crippen molar-refractivity contribution >= 4 is 35.1 Å². The molecule has 102 valence electrons. The third kappa shape index (κ3) is 3.39. The van der Waals surface area contributed by atoms with Gasteiger partial charge in [0, 0.05) is 13.1 Å². The van der Waals surface area contributed by atoms with Crippen LogP contribution < -0.4 is 0 Å². The van der Waals surface area contributed by atoms with Gasteiger partial charge in [0.25, 0.3) is 0 Å². The largest absolute Gasteiger partial charge is 0.481 e. The summed E-state index contributed by atoms with van der Waals surface area (Å²) in [7, 11) is 0. The van der Waals surface area contributed by atoms with Crippen molar-refractivity contribution in [2.24, 2.45) is 5.92 Å². The van der Waals surface area contributed by atoms with Gasteiger partial charge in [-0.15, -0.1) is 0 Å². The monoisotopic (exact) mass is 301 g/mol. The first-order valence-electron chi connectivity index (χ1n) is 5.92. The van der Waals surface area contributed by atoms with E-state index in [1.165, 1.54) is 0 Å². The van der Waals surface area contributed by atoms with Crippen LogP contribution in [-0.4, -0.2) is 35.0 Å². The number of carbonyl (C=O) groups excluding carboxylic acids is 1. The van der Waals surface area contributed by atoms with Gasteiger partial charge >= 0.3 is 5.97 Å². The van der Waals surface area contributed by atoms with Gasteiger partial charge in [-0.1, -0.05) is 29.3 Å². The molecular formula is C13H13Cl2NO3. The fraction of sp³-hybridized carbons (Fsp3) is 0.385. The first-order valence-corrected chi connectivity index (χ1v) is 6.67. The molecule has 1 aliphatic rings. The number of likely N-dealkylation sites (tertiary alicyclic amines) is 1. The van der Waals surface area contributed by atoms with Gasteiger partial charge in [0.15, 0.2) is 0 Å². The Morgan fingerprint density at radius 3 is 2.63 bits per heavy atom. The molecule has 0 saturated carbocycles. The standard InChI is InChI=1S/C13H13Cl2NO3/c14-10-2-1-8(5-11(10)15)6-12(17)16-4-3-9(7-16)13(18)19/h1-2,5,9H,3-4,6-7H2,(H,18,19)/t9-/m0/s1. The minimum Gasteiger partial charge on any atom is -0.481 e. The number of hydrogen-bond acceptors (Lipinski definition) is 2. The van der Waals surface area contributed by atoms with Gasteiger partial charge in [-0.05, 0) is 24.1 Å². The summed E-state index contributed by atoms with van der Waals surface area (Å²) in [5, 5.41) is 9.76. The van der Waals surface area contributed by atoms with Crippen LogP contribution in [0.25, 0.3) is 0 Å². The SMILES string of the molecule is O=C(O)[C@H]1CCN(C(=O)Cc2ccc(Cl)c(Cl)c2)C1. The Kier molecular flexibility index (Phi) is 4.32. The number of rotatable bonds is 3. The highest BCUT2D eigenvalue weighted by atomic mass is 35.5. The van der Waals surface area contributed by atoms with E-state index in [0.29, 0.717) is 23.0 Å². The summed E-state index contributed by atoms with van der Waals surface area (Å²) in [6, 6.07) is 5.06. The molecule has 1 aromatic rings. The van der Waals surface area contributed by atoms with Crippen molar-refractivity contribution in [3.63, 3.8) is 0 Å². The lowest BCUT2D eigenvalue weighted by molar-refractivity contribution is -0.141. The molecule has 0 aliphatic carbocycles. The molecule has 1 aromatic carbocycles. The number of carboxylic acids is 1. The van der Waals surface area contributed by atoms with Crippen LogP contribution in [0.3, 0.4) is 0 Å². The zero-order chi connectivity index (χ0) is 14.0. The van der Waals surface area contributed by atoms with Gasteiger partial charge < -0.3 is 10.0 Å². The minimum atomic E-state index is -0.843. The van der Waals surface area contributed by atoms with Crippen LogP contribution in [0, 0.1) is 5.92 Å². The Morgan fingerprint density at radius 2 is 2.05 bits per heavy atom. The highest BCUT2D eigenvalue weighted by Gasteiger charge is 2.30. The average molecular weight is 302 g/mol. The second-order valence-corrected chi connectivity index (χ2v) is 5.40. The highest BCUT2D eigenvalue weighted by molar-refractivity contribution is 6.42. The maximum Gasteiger partial charge on any atom is 0.308 e. The molecule has 1 heterocycles. The number of carbonyl (C=O) groups is 2. The zero-order valence-electron chi connectivity index (χ0n) is 10.1. The lowest BCUT2D eigenvalue weighted by Crippen LogP contribution is -2.31. The van der Waals surface area contributed by atoms with Crippen LogP contribution >= 0.6 is 23.2 Å². The van der Waals surface area contributed by atoms with Gasteiger partial charge in [0.05, 0.1) is 22.4 Å². The Balaban J connectivity index is 1.98. The molecule has 6 heteroatoms. The Labute approximate surface area is 120 Å². The molecule has 1 fully saturated rings. The van der Waals surface area contributed by atoms with Crippen LogP contribution in [-0.2, 0) is 16.0 Å². The molecule has 0 aromatic heterocycles. The molecule has 1 aliphatic heterocycles. The molecule has 1 atom stereocenters. The molecule has 0 spiro atoms. The van der Waals surface area contributed by atoms with E-state index in [4.69, 9.17) is 28.3 Å². The number of benzene rings is 1. The fourth-order valence-corrected chi connectivity index (χ4v) is 2.45. The summed E-state index contributed by atoms with van der Waals surface area (Å²) in [4.78, 5) is 24.5. The van der Waals surface area contributed by atoms with E-state index >= 15 is 0 Å². The maximum absolute atomic E-state index is 12.0. The summed E-state index contributed by atoms with van der Waals surface area (Å²) in [6.45, 7) is 0.784. The summed E-state index contributed by atoms with van der Waals surface area (Å²) in [5.41, 5.74) is 0.776. The van der Waals surface area contributed by atoms with Crippen molar-refractivity contribution in [3.05, 3.63) is 33.8 Å². The quantitative estimate of drug-likeness (QED) is 0.933. The summed E-state index contributed by atoms with van der Waals surface area (Å²) >= 11 is 11.7.